The van der Waals surface area contributed by atoms with Crippen LogP contribution in [0.2, 0.25) is 0 Å². The molecule has 0 amide bonds. The van der Waals surface area contributed by atoms with Gasteiger partial charge in [-0.2, -0.15) is 10.2 Å². The minimum Gasteiger partial charge on any atom is -0.494 e. The average Bonchev–Trinajstić information content (AvgIpc) is 2.89. The third-order valence-electron chi connectivity index (χ3n) is 6.14. The van der Waals surface area contributed by atoms with Gasteiger partial charge in [-0.3, -0.25) is 4.79 Å². The third kappa shape index (κ3) is 13.7. The fourth-order valence-corrected chi connectivity index (χ4v) is 3.93. The Morgan fingerprint density at radius 3 is 1.83 bits per heavy atom. The standard InChI is InChI=1S/C30H44N2O3/c1-3-4-5-12-15-26-17-19-27(20-18-26)31-32-28-21-23-29(24-22-28)35-25-14-11-9-7-6-8-10-13-16-30(33)34-2/h17-24H,3-16,25H2,1-2H3. The number of unbranched alkanes of at least 4 members (excludes halogenated alkanes) is 10. The molecule has 0 unspecified atom stereocenters. The van der Waals surface area contributed by atoms with E-state index in [1.54, 1.807) is 0 Å². The second-order valence-corrected chi connectivity index (χ2v) is 9.17. The van der Waals surface area contributed by atoms with Crippen LogP contribution in [0.4, 0.5) is 11.4 Å². The van der Waals surface area contributed by atoms with Gasteiger partial charge >= 0.3 is 5.97 Å². The van der Waals surface area contributed by atoms with Crippen LogP contribution in [0.5, 0.6) is 5.75 Å². The maximum absolute atomic E-state index is 11.1. The molecule has 0 saturated carbocycles. The first-order valence-electron chi connectivity index (χ1n) is 13.5. The Morgan fingerprint density at radius 1 is 0.686 bits per heavy atom. The normalized spacial score (nSPS) is 11.1. The lowest BCUT2D eigenvalue weighted by atomic mass is 10.1. The Kier molecular flexibility index (Phi) is 15.2. The van der Waals surface area contributed by atoms with Crippen LogP contribution >= 0.6 is 0 Å². The molecule has 2 aromatic rings. The van der Waals surface area contributed by atoms with Crippen molar-refractivity contribution in [3.8, 4) is 5.75 Å². The molecule has 0 N–H and O–H groups in total. The number of esters is 1. The van der Waals surface area contributed by atoms with Crippen LogP contribution in [-0.4, -0.2) is 19.7 Å². The highest BCUT2D eigenvalue weighted by Crippen LogP contribution is 2.22. The van der Waals surface area contributed by atoms with Gasteiger partial charge in [-0.1, -0.05) is 76.8 Å². The lowest BCUT2D eigenvalue weighted by Crippen LogP contribution is -1.99. The summed E-state index contributed by atoms with van der Waals surface area (Å²) in [4.78, 5) is 11.1. The molecule has 0 fully saturated rings. The van der Waals surface area contributed by atoms with Gasteiger partial charge in [0.2, 0.25) is 0 Å². The molecule has 0 aliphatic heterocycles. The third-order valence-corrected chi connectivity index (χ3v) is 6.14. The zero-order valence-electron chi connectivity index (χ0n) is 21.8. The van der Waals surface area contributed by atoms with Crippen LogP contribution in [0.1, 0.15) is 96.0 Å². The van der Waals surface area contributed by atoms with Crippen molar-refractivity contribution < 1.29 is 14.3 Å². The van der Waals surface area contributed by atoms with Crippen molar-refractivity contribution in [1.29, 1.82) is 0 Å². The Bertz CT molecular complexity index is 832. The number of nitrogens with zero attached hydrogens (tertiary/aromatic N) is 2. The molecule has 0 spiro atoms. The van der Waals surface area contributed by atoms with E-state index in [2.05, 4.69) is 34.0 Å². The van der Waals surface area contributed by atoms with Crippen molar-refractivity contribution in [3.05, 3.63) is 54.1 Å². The van der Waals surface area contributed by atoms with Crippen LogP contribution in [0.15, 0.2) is 58.8 Å². The monoisotopic (exact) mass is 480 g/mol. The molecule has 5 nitrogen and oxygen atoms in total. The summed E-state index contributed by atoms with van der Waals surface area (Å²) in [7, 11) is 1.45. The Morgan fingerprint density at radius 2 is 1.23 bits per heavy atom. The predicted octanol–water partition coefficient (Wildman–Crippen LogP) is 9.29. The summed E-state index contributed by atoms with van der Waals surface area (Å²) in [6, 6.07) is 16.2. The Balaban J connectivity index is 1.54. The minimum atomic E-state index is -0.0991. The number of methoxy groups -OCH3 is 1. The highest BCUT2D eigenvalue weighted by Gasteiger charge is 2.00. The van der Waals surface area contributed by atoms with Gasteiger partial charge in [0, 0.05) is 6.42 Å². The maximum Gasteiger partial charge on any atom is 0.305 e. The molecular weight excluding hydrogens is 436 g/mol. The number of aryl methyl sites for hydroxylation is 1. The first-order chi connectivity index (χ1) is 17.2. The van der Waals surface area contributed by atoms with E-state index in [9.17, 15) is 4.79 Å². The summed E-state index contributed by atoms with van der Waals surface area (Å²) in [5.74, 6) is 0.778. The van der Waals surface area contributed by atoms with Gasteiger partial charge in [0.15, 0.2) is 0 Å². The van der Waals surface area contributed by atoms with Crippen molar-refractivity contribution in [2.75, 3.05) is 13.7 Å². The molecule has 0 bridgehead atoms. The largest absolute Gasteiger partial charge is 0.494 e. The number of azo groups is 1. The molecule has 0 atom stereocenters. The summed E-state index contributed by atoms with van der Waals surface area (Å²) in [5, 5.41) is 8.71. The summed E-state index contributed by atoms with van der Waals surface area (Å²) in [6.45, 7) is 2.98. The molecule has 192 valence electrons. The second kappa shape index (κ2) is 18.6. The van der Waals surface area contributed by atoms with Crippen molar-refractivity contribution in [2.45, 2.75) is 96.8 Å². The van der Waals surface area contributed by atoms with Gasteiger partial charge in [0.25, 0.3) is 0 Å². The van der Waals surface area contributed by atoms with Crippen molar-refractivity contribution in [3.63, 3.8) is 0 Å². The zero-order valence-corrected chi connectivity index (χ0v) is 21.8. The number of carbonyl (C=O) groups excluding carboxylic acids is 1. The topological polar surface area (TPSA) is 60.2 Å². The maximum atomic E-state index is 11.1. The summed E-state index contributed by atoms with van der Waals surface area (Å²) >= 11 is 0. The number of hydrogen-bond donors (Lipinski definition) is 0. The van der Waals surface area contributed by atoms with E-state index >= 15 is 0 Å². The molecule has 0 aromatic heterocycles. The van der Waals surface area contributed by atoms with Crippen LogP contribution in [0.25, 0.3) is 0 Å². The van der Waals surface area contributed by atoms with E-state index in [0.29, 0.717) is 6.42 Å². The van der Waals surface area contributed by atoms with Crippen molar-refractivity contribution in [2.24, 2.45) is 10.2 Å². The minimum absolute atomic E-state index is 0.0991. The van der Waals surface area contributed by atoms with E-state index in [1.165, 1.54) is 70.5 Å². The molecule has 0 heterocycles. The van der Waals surface area contributed by atoms with E-state index in [-0.39, 0.29) is 5.97 Å². The number of ether oxygens (including phenoxy) is 2. The fourth-order valence-electron chi connectivity index (χ4n) is 3.93. The summed E-state index contributed by atoms with van der Waals surface area (Å²) < 4.78 is 10.5. The first kappa shape index (κ1) is 28.5. The van der Waals surface area contributed by atoms with Crippen LogP contribution in [-0.2, 0) is 16.0 Å². The molecular formula is C30H44N2O3. The predicted molar refractivity (Wildman–Crippen MR) is 144 cm³/mol. The van der Waals surface area contributed by atoms with Gasteiger partial charge in [-0.05, 0) is 67.6 Å². The SMILES string of the molecule is CCCCCCc1ccc(N=Nc2ccc(OCCCCCCCCCCC(=O)OC)cc2)cc1. The van der Waals surface area contributed by atoms with Crippen molar-refractivity contribution >= 4 is 17.3 Å². The number of carbonyl (C=O) groups is 1. The van der Waals surface area contributed by atoms with E-state index < -0.39 is 0 Å². The molecule has 0 saturated heterocycles. The van der Waals surface area contributed by atoms with Gasteiger partial charge in [-0.25, -0.2) is 0 Å². The average molecular weight is 481 g/mol. The molecule has 35 heavy (non-hydrogen) atoms. The van der Waals surface area contributed by atoms with Gasteiger partial charge in [-0.15, -0.1) is 0 Å². The molecule has 0 aliphatic rings. The number of hydrogen-bond acceptors (Lipinski definition) is 5. The van der Waals surface area contributed by atoms with Crippen LogP contribution < -0.4 is 4.74 Å². The Hall–Kier alpha value is -2.69. The number of rotatable bonds is 19. The van der Waals surface area contributed by atoms with Crippen LogP contribution in [0, 0.1) is 0 Å². The number of benzene rings is 2. The Labute approximate surface area is 212 Å². The van der Waals surface area contributed by atoms with E-state index in [1.807, 2.05) is 36.4 Å². The quantitative estimate of drug-likeness (QED) is 0.114. The highest BCUT2D eigenvalue weighted by molar-refractivity contribution is 5.68. The summed E-state index contributed by atoms with van der Waals surface area (Å²) in [6.07, 6.45) is 16.1. The van der Waals surface area contributed by atoms with Gasteiger partial charge in [0.1, 0.15) is 5.75 Å². The molecule has 2 rings (SSSR count). The lowest BCUT2D eigenvalue weighted by Gasteiger charge is -2.06. The molecule has 2 aromatic carbocycles. The van der Waals surface area contributed by atoms with E-state index in [4.69, 9.17) is 4.74 Å². The van der Waals surface area contributed by atoms with Gasteiger partial charge < -0.3 is 9.47 Å². The first-order valence-corrected chi connectivity index (χ1v) is 13.5. The van der Waals surface area contributed by atoms with Crippen LogP contribution in [0.3, 0.4) is 0 Å². The highest BCUT2D eigenvalue weighted by atomic mass is 16.5. The molecule has 0 radical (unpaired) electrons. The van der Waals surface area contributed by atoms with Crippen molar-refractivity contribution in [1.82, 2.24) is 0 Å². The molecule has 5 heteroatoms. The molecule has 0 aliphatic carbocycles. The zero-order chi connectivity index (χ0) is 25.0. The lowest BCUT2D eigenvalue weighted by molar-refractivity contribution is -0.140. The fraction of sp³-hybridized carbons (Fsp3) is 0.567. The smallest absolute Gasteiger partial charge is 0.305 e. The second-order valence-electron chi connectivity index (χ2n) is 9.17. The van der Waals surface area contributed by atoms with E-state index in [0.717, 1.165) is 49.4 Å². The summed E-state index contributed by atoms with van der Waals surface area (Å²) in [5.41, 5.74) is 3.07. The van der Waals surface area contributed by atoms with Gasteiger partial charge in [0.05, 0.1) is 25.1 Å².